The number of hydrogen-bond donors (Lipinski definition) is 0. The second kappa shape index (κ2) is 3.55. The SMILES string of the molecule is CC(=O)c1cccc(N=[N+]=[N-])c1. The number of carbonyl (C=O) groups is 1. The lowest BCUT2D eigenvalue weighted by atomic mass is 10.1. The van der Waals surface area contributed by atoms with Crippen LogP contribution >= 0.6 is 0 Å². The van der Waals surface area contributed by atoms with Crippen molar-refractivity contribution in [3.63, 3.8) is 0 Å². The molecule has 0 bridgehead atoms. The number of rotatable bonds is 2. The molecule has 0 unspecified atom stereocenters. The van der Waals surface area contributed by atoms with Crippen LogP contribution in [0.2, 0.25) is 0 Å². The summed E-state index contributed by atoms with van der Waals surface area (Å²) in [5, 5.41) is 3.38. The van der Waals surface area contributed by atoms with Crippen LogP contribution < -0.4 is 0 Å². The first kappa shape index (κ1) is 8.30. The molecule has 1 aromatic rings. The zero-order valence-corrected chi connectivity index (χ0v) is 6.56. The first-order chi connectivity index (χ1) is 5.74. The molecule has 0 N–H and O–H groups in total. The van der Waals surface area contributed by atoms with Crippen molar-refractivity contribution < 1.29 is 4.79 Å². The predicted octanol–water partition coefficient (Wildman–Crippen LogP) is 2.83. The molecule has 0 aliphatic carbocycles. The molecule has 0 amide bonds. The smallest absolute Gasteiger partial charge is 0.159 e. The summed E-state index contributed by atoms with van der Waals surface area (Å²) in [6.45, 7) is 1.47. The first-order valence-electron chi connectivity index (χ1n) is 3.40. The Morgan fingerprint density at radius 1 is 1.58 bits per heavy atom. The summed E-state index contributed by atoms with van der Waals surface area (Å²) in [5.74, 6) is -0.0370. The van der Waals surface area contributed by atoms with E-state index in [9.17, 15) is 4.79 Å². The average Bonchev–Trinajstić information content (AvgIpc) is 2.05. The van der Waals surface area contributed by atoms with Crippen molar-refractivity contribution in [2.24, 2.45) is 5.11 Å². The fraction of sp³-hybridized carbons (Fsp3) is 0.125. The van der Waals surface area contributed by atoms with E-state index in [4.69, 9.17) is 5.53 Å². The third-order valence-electron chi connectivity index (χ3n) is 1.41. The lowest BCUT2D eigenvalue weighted by Crippen LogP contribution is -1.89. The molecule has 0 heterocycles. The summed E-state index contributed by atoms with van der Waals surface area (Å²) in [5.41, 5.74) is 9.14. The molecule has 4 heteroatoms. The van der Waals surface area contributed by atoms with Gasteiger partial charge in [0.25, 0.3) is 0 Å². The van der Waals surface area contributed by atoms with Crippen LogP contribution in [0.5, 0.6) is 0 Å². The first-order valence-corrected chi connectivity index (χ1v) is 3.40. The topological polar surface area (TPSA) is 65.8 Å². The van der Waals surface area contributed by atoms with E-state index in [1.54, 1.807) is 24.3 Å². The molecule has 0 fully saturated rings. The third kappa shape index (κ3) is 1.84. The molecule has 0 saturated carbocycles. The summed E-state index contributed by atoms with van der Waals surface area (Å²) in [6, 6.07) is 6.56. The van der Waals surface area contributed by atoms with Gasteiger partial charge in [0.05, 0.1) is 0 Å². The Morgan fingerprint density at radius 3 is 2.92 bits per heavy atom. The highest BCUT2D eigenvalue weighted by Gasteiger charge is 1.97. The summed E-state index contributed by atoms with van der Waals surface area (Å²) in [7, 11) is 0. The molecule has 1 rings (SSSR count). The quantitative estimate of drug-likeness (QED) is 0.284. The fourth-order valence-electron chi connectivity index (χ4n) is 0.839. The van der Waals surface area contributed by atoms with E-state index < -0.39 is 0 Å². The van der Waals surface area contributed by atoms with Crippen molar-refractivity contribution in [3.8, 4) is 0 Å². The highest BCUT2D eigenvalue weighted by Crippen LogP contribution is 2.14. The van der Waals surface area contributed by atoms with Crippen LogP contribution in [0.15, 0.2) is 29.4 Å². The summed E-state index contributed by atoms with van der Waals surface area (Å²) in [6.07, 6.45) is 0. The van der Waals surface area contributed by atoms with Crippen LogP contribution in [0.4, 0.5) is 5.69 Å². The van der Waals surface area contributed by atoms with Crippen LogP contribution in [0, 0.1) is 0 Å². The Morgan fingerprint density at radius 2 is 2.33 bits per heavy atom. The zero-order valence-electron chi connectivity index (χ0n) is 6.56. The molecular weight excluding hydrogens is 154 g/mol. The van der Waals surface area contributed by atoms with Gasteiger partial charge < -0.3 is 0 Å². The average molecular weight is 161 g/mol. The highest BCUT2D eigenvalue weighted by atomic mass is 16.1. The Kier molecular flexibility index (Phi) is 2.46. The predicted molar refractivity (Wildman–Crippen MR) is 45.3 cm³/mol. The molecule has 0 atom stereocenters. The van der Waals surface area contributed by atoms with Gasteiger partial charge in [0, 0.05) is 16.2 Å². The van der Waals surface area contributed by atoms with Crippen LogP contribution in [0.25, 0.3) is 10.4 Å². The lowest BCUT2D eigenvalue weighted by Gasteiger charge is -1.94. The maximum Gasteiger partial charge on any atom is 0.159 e. The van der Waals surface area contributed by atoms with Crippen molar-refractivity contribution >= 4 is 11.5 Å². The Balaban J connectivity index is 3.11. The monoisotopic (exact) mass is 161 g/mol. The summed E-state index contributed by atoms with van der Waals surface area (Å²) >= 11 is 0. The van der Waals surface area contributed by atoms with Crippen molar-refractivity contribution in [1.29, 1.82) is 0 Å². The van der Waals surface area contributed by atoms with E-state index in [2.05, 4.69) is 10.0 Å². The van der Waals surface area contributed by atoms with Gasteiger partial charge in [0.1, 0.15) is 0 Å². The van der Waals surface area contributed by atoms with Gasteiger partial charge >= 0.3 is 0 Å². The van der Waals surface area contributed by atoms with Crippen molar-refractivity contribution in [2.45, 2.75) is 6.92 Å². The number of carbonyl (C=O) groups excluding carboxylic acids is 1. The minimum absolute atomic E-state index is 0.0370. The lowest BCUT2D eigenvalue weighted by molar-refractivity contribution is 0.101. The zero-order chi connectivity index (χ0) is 8.97. The van der Waals surface area contributed by atoms with Gasteiger partial charge in [-0.05, 0) is 18.5 Å². The van der Waals surface area contributed by atoms with Gasteiger partial charge in [-0.1, -0.05) is 23.3 Å². The maximum absolute atomic E-state index is 10.9. The molecule has 60 valence electrons. The molecule has 0 spiro atoms. The van der Waals surface area contributed by atoms with E-state index in [1.807, 2.05) is 0 Å². The van der Waals surface area contributed by atoms with Gasteiger partial charge in [0.15, 0.2) is 5.78 Å². The van der Waals surface area contributed by atoms with E-state index in [0.29, 0.717) is 11.3 Å². The molecule has 0 aliphatic rings. The minimum Gasteiger partial charge on any atom is -0.295 e. The standard InChI is InChI=1S/C8H7N3O/c1-6(12)7-3-2-4-8(5-7)10-11-9/h2-5H,1H3. The van der Waals surface area contributed by atoms with Crippen LogP contribution in [0.1, 0.15) is 17.3 Å². The molecule has 0 radical (unpaired) electrons. The molecule has 0 saturated heterocycles. The van der Waals surface area contributed by atoms with E-state index in [-0.39, 0.29) is 5.78 Å². The largest absolute Gasteiger partial charge is 0.295 e. The minimum atomic E-state index is -0.0370. The summed E-state index contributed by atoms with van der Waals surface area (Å²) in [4.78, 5) is 13.5. The van der Waals surface area contributed by atoms with Crippen molar-refractivity contribution in [1.82, 2.24) is 0 Å². The normalized spacial score (nSPS) is 8.75. The summed E-state index contributed by atoms with van der Waals surface area (Å²) < 4.78 is 0. The van der Waals surface area contributed by atoms with E-state index >= 15 is 0 Å². The number of benzene rings is 1. The van der Waals surface area contributed by atoms with Gasteiger partial charge in [-0.25, -0.2) is 0 Å². The highest BCUT2D eigenvalue weighted by molar-refractivity contribution is 5.94. The third-order valence-corrected chi connectivity index (χ3v) is 1.41. The number of ketones is 1. The van der Waals surface area contributed by atoms with Crippen molar-refractivity contribution in [3.05, 3.63) is 40.3 Å². The van der Waals surface area contributed by atoms with Gasteiger partial charge in [-0.2, -0.15) is 0 Å². The van der Waals surface area contributed by atoms with Gasteiger partial charge in [-0.15, -0.1) is 0 Å². The van der Waals surface area contributed by atoms with E-state index in [0.717, 1.165) is 0 Å². The Labute approximate surface area is 69.5 Å². The maximum atomic E-state index is 10.9. The van der Waals surface area contributed by atoms with Crippen LogP contribution in [-0.4, -0.2) is 5.78 Å². The second-order valence-corrected chi connectivity index (χ2v) is 2.30. The number of Topliss-reactive ketones (excluding diaryl/α,β-unsaturated/α-hetero) is 1. The van der Waals surface area contributed by atoms with Crippen molar-refractivity contribution in [2.75, 3.05) is 0 Å². The van der Waals surface area contributed by atoms with Gasteiger partial charge in [0.2, 0.25) is 0 Å². The van der Waals surface area contributed by atoms with E-state index in [1.165, 1.54) is 6.92 Å². The second-order valence-electron chi connectivity index (χ2n) is 2.30. The fourth-order valence-corrected chi connectivity index (χ4v) is 0.839. The van der Waals surface area contributed by atoms with Crippen LogP contribution in [-0.2, 0) is 0 Å². The number of azide groups is 1. The molecule has 12 heavy (non-hydrogen) atoms. The molecule has 4 nitrogen and oxygen atoms in total. The Bertz CT molecular complexity index is 336. The van der Waals surface area contributed by atoms with Crippen LogP contribution in [0.3, 0.4) is 0 Å². The number of hydrogen-bond acceptors (Lipinski definition) is 2. The molecular formula is C8H7N3O. The number of nitrogens with zero attached hydrogens (tertiary/aromatic N) is 3. The molecule has 0 aliphatic heterocycles. The molecule has 1 aromatic carbocycles. The van der Waals surface area contributed by atoms with Gasteiger partial charge in [-0.3, -0.25) is 4.79 Å². The molecule has 0 aromatic heterocycles. The Hall–Kier alpha value is -1.80.